The molecule has 274 valence electrons. The molecule has 0 aliphatic heterocycles. The maximum atomic E-state index is 9.09. The third-order valence-electron chi connectivity index (χ3n) is 10.2. The van der Waals surface area contributed by atoms with Crippen LogP contribution < -0.4 is 0 Å². The monoisotopic (exact) mass is 754 g/mol. The largest absolute Gasteiger partial charge is 0.282 e. The first-order valence-corrected chi connectivity index (χ1v) is 19.9. The Morgan fingerprint density at radius 3 is 1.96 bits per heavy atom. The summed E-state index contributed by atoms with van der Waals surface area (Å²) in [5, 5.41) is 10.2. The number of aromatic nitrogens is 3. The van der Waals surface area contributed by atoms with Crippen molar-refractivity contribution in [2.24, 2.45) is 9.98 Å². The number of hydrogen-bond donors (Lipinski definition) is 1. The summed E-state index contributed by atoms with van der Waals surface area (Å²) in [7, 11) is 0. The molecule has 7 heteroatoms. The Hall–Kier alpha value is -6.96. The Balaban J connectivity index is 1.31. The minimum atomic E-state index is 0.130. The van der Waals surface area contributed by atoms with E-state index in [1.807, 2.05) is 109 Å². The van der Waals surface area contributed by atoms with E-state index in [4.69, 9.17) is 30.3 Å². The van der Waals surface area contributed by atoms with Crippen LogP contribution in [0.4, 0.5) is 0 Å². The third-order valence-corrected chi connectivity index (χ3v) is 11.4. The number of aliphatic imine (C=N–C) groups is 2. The number of thiophene rings is 1. The van der Waals surface area contributed by atoms with Gasteiger partial charge in [0.05, 0.1) is 0 Å². The zero-order chi connectivity index (χ0) is 38.6. The molecule has 0 atom stereocenters. The Morgan fingerprint density at radius 1 is 0.632 bits per heavy atom. The molecule has 8 aromatic rings. The first-order chi connectivity index (χ1) is 28.1. The van der Waals surface area contributed by atoms with Gasteiger partial charge < -0.3 is 0 Å². The summed E-state index contributed by atoms with van der Waals surface area (Å²) in [6.07, 6.45) is 7.13. The molecule has 0 saturated carbocycles. The highest BCUT2D eigenvalue weighted by atomic mass is 32.1. The zero-order valence-corrected chi connectivity index (χ0v) is 32.2. The minimum Gasteiger partial charge on any atom is -0.282 e. The predicted octanol–water partition coefficient (Wildman–Crippen LogP) is 12.2. The van der Waals surface area contributed by atoms with Crippen molar-refractivity contribution in [2.75, 3.05) is 0 Å². The van der Waals surface area contributed by atoms with Crippen molar-refractivity contribution in [3.63, 3.8) is 0 Å². The molecule has 9 rings (SSSR count). The number of fused-ring (bicyclic) bond motifs is 3. The summed E-state index contributed by atoms with van der Waals surface area (Å²) in [5.41, 5.74) is 10.1. The summed E-state index contributed by atoms with van der Waals surface area (Å²) >= 11 is 1.78. The molecule has 0 bridgehead atoms. The van der Waals surface area contributed by atoms with Crippen LogP contribution in [0.5, 0.6) is 0 Å². The van der Waals surface area contributed by atoms with Crippen LogP contribution in [0.1, 0.15) is 51.1 Å². The minimum absolute atomic E-state index is 0.130. The lowest BCUT2D eigenvalue weighted by Crippen LogP contribution is -2.06. The smallest absolute Gasteiger partial charge is 0.165 e. The van der Waals surface area contributed by atoms with Gasteiger partial charge in [0.25, 0.3) is 0 Å². The van der Waals surface area contributed by atoms with E-state index in [-0.39, 0.29) is 5.84 Å². The normalized spacial score (nSPS) is 13.0. The molecule has 2 aromatic heterocycles. The van der Waals surface area contributed by atoms with E-state index in [0.717, 1.165) is 62.7 Å². The number of rotatable bonds is 7. The van der Waals surface area contributed by atoms with Crippen LogP contribution in [0, 0.1) is 12.3 Å². The molecule has 0 spiro atoms. The van der Waals surface area contributed by atoms with Gasteiger partial charge in [0.2, 0.25) is 0 Å². The van der Waals surface area contributed by atoms with Gasteiger partial charge in [-0.05, 0) is 77.6 Å². The summed E-state index contributed by atoms with van der Waals surface area (Å²) in [6, 6.07) is 52.9. The number of nitrogens with zero attached hydrogens (tertiary/aromatic N) is 5. The molecule has 1 aliphatic carbocycles. The molecule has 0 saturated heterocycles. The Morgan fingerprint density at radius 2 is 1.25 bits per heavy atom. The van der Waals surface area contributed by atoms with E-state index in [9.17, 15) is 0 Å². The molecule has 0 fully saturated rings. The standard InChI is InChI=1S/C50H38N6S/c1-33-17-14-15-27-40(33)49-54-48(37-24-12-5-13-25-37)55-50(56-49)43-30-39(47(52-32-34-18-6-2-7-19-34)53-46(51)36-22-10-4-11-23-36)29-42-41-28-16-26-38(31-44(41)57-45(42)43)35-20-8-3-9-21-35/h2-15,17-25,27,29-32,51H,16,26,28H2,1H3/b51-46?,52-32+,53-47-. The van der Waals surface area contributed by atoms with Crippen LogP contribution in [0.15, 0.2) is 168 Å². The number of nitrogens with one attached hydrogen (secondary N) is 1. The molecule has 6 aromatic carbocycles. The molecule has 6 nitrogen and oxygen atoms in total. The summed E-state index contributed by atoms with van der Waals surface area (Å²) in [5.74, 6) is 2.35. The summed E-state index contributed by atoms with van der Waals surface area (Å²) < 4.78 is 1.10. The van der Waals surface area contributed by atoms with E-state index in [1.54, 1.807) is 11.3 Å². The number of amidine groups is 2. The highest BCUT2D eigenvalue weighted by molar-refractivity contribution is 7.20. The summed E-state index contributed by atoms with van der Waals surface area (Å²) in [4.78, 5) is 26.7. The van der Waals surface area contributed by atoms with Crippen LogP contribution in [0.2, 0.25) is 0 Å². The summed E-state index contributed by atoms with van der Waals surface area (Å²) in [6.45, 7) is 2.09. The SMILES string of the molecule is Cc1ccccc1-c1nc(-c2ccccc2)nc(-c2cc(C(=N/C(=N)c3ccccc3)/N=C/c3ccccc3)cc3c4c(sc23)C=C(c2ccccc2)CCC4)n1. The number of aryl methyl sites for hydroxylation is 2. The zero-order valence-electron chi connectivity index (χ0n) is 31.4. The lowest BCUT2D eigenvalue weighted by atomic mass is 9.99. The van der Waals surface area contributed by atoms with E-state index < -0.39 is 0 Å². The lowest BCUT2D eigenvalue weighted by Gasteiger charge is -2.12. The number of benzene rings is 6. The average molecular weight is 755 g/mol. The topological polar surface area (TPSA) is 87.2 Å². The maximum absolute atomic E-state index is 9.09. The fourth-order valence-corrected chi connectivity index (χ4v) is 8.58. The Labute approximate surface area is 336 Å². The van der Waals surface area contributed by atoms with Gasteiger partial charge in [-0.15, -0.1) is 11.3 Å². The van der Waals surface area contributed by atoms with Gasteiger partial charge in [-0.2, -0.15) is 0 Å². The highest BCUT2D eigenvalue weighted by Crippen LogP contribution is 2.43. The predicted molar refractivity (Wildman–Crippen MR) is 237 cm³/mol. The van der Waals surface area contributed by atoms with Crippen LogP contribution in [-0.4, -0.2) is 32.8 Å². The van der Waals surface area contributed by atoms with Crippen molar-refractivity contribution < 1.29 is 0 Å². The second kappa shape index (κ2) is 16.0. The maximum Gasteiger partial charge on any atom is 0.165 e. The van der Waals surface area contributed by atoms with Gasteiger partial charge in [-0.3, -0.25) is 5.41 Å². The fraction of sp³-hybridized carbons (Fsp3) is 0.0800. The van der Waals surface area contributed by atoms with Crippen LogP contribution >= 0.6 is 11.3 Å². The molecule has 2 heterocycles. The van der Waals surface area contributed by atoms with Crippen LogP contribution in [0.3, 0.4) is 0 Å². The molecule has 57 heavy (non-hydrogen) atoms. The van der Waals surface area contributed by atoms with Crippen molar-refractivity contribution in [2.45, 2.75) is 26.2 Å². The Bertz CT molecular complexity index is 2820. The first-order valence-electron chi connectivity index (χ1n) is 19.1. The first kappa shape index (κ1) is 35.7. The van der Waals surface area contributed by atoms with Gasteiger partial charge in [0.1, 0.15) is 0 Å². The second-order valence-electron chi connectivity index (χ2n) is 14.0. The highest BCUT2D eigenvalue weighted by Gasteiger charge is 2.23. The van der Waals surface area contributed by atoms with E-state index in [1.165, 1.54) is 21.6 Å². The van der Waals surface area contributed by atoms with Gasteiger partial charge in [-0.25, -0.2) is 24.9 Å². The molecule has 0 unspecified atom stereocenters. The van der Waals surface area contributed by atoms with E-state index in [2.05, 4.69) is 67.6 Å². The van der Waals surface area contributed by atoms with Crippen LogP contribution in [0.25, 0.3) is 55.9 Å². The lowest BCUT2D eigenvalue weighted by molar-refractivity contribution is 0.868. The van der Waals surface area contributed by atoms with Crippen molar-refractivity contribution in [1.82, 2.24) is 15.0 Å². The molecule has 0 amide bonds. The molecular formula is C50H38N6S. The third kappa shape index (κ3) is 7.66. The number of allylic oxidation sites excluding steroid dienone is 1. The van der Waals surface area contributed by atoms with Crippen molar-refractivity contribution in [3.05, 3.63) is 196 Å². The van der Waals surface area contributed by atoms with E-state index >= 15 is 0 Å². The van der Waals surface area contributed by atoms with E-state index in [0.29, 0.717) is 28.9 Å². The molecular weight excluding hydrogens is 717 g/mol. The molecule has 1 aliphatic rings. The average Bonchev–Trinajstić information content (AvgIpc) is 3.47. The quantitative estimate of drug-likeness (QED) is 0.130. The molecule has 0 radical (unpaired) electrons. The fourth-order valence-electron chi connectivity index (χ4n) is 7.27. The number of hydrogen-bond acceptors (Lipinski definition) is 5. The molecule has 1 N–H and O–H groups in total. The van der Waals surface area contributed by atoms with Crippen molar-refractivity contribution in [3.8, 4) is 34.2 Å². The van der Waals surface area contributed by atoms with Gasteiger partial charge in [0.15, 0.2) is 29.1 Å². The van der Waals surface area contributed by atoms with Crippen LogP contribution in [-0.2, 0) is 6.42 Å². The van der Waals surface area contributed by atoms with Crippen molar-refractivity contribution >= 4 is 51.0 Å². The van der Waals surface area contributed by atoms with Crippen molar-refractivity contribution in [1.29, 1.82) is 5.41 Å². The van der Waals surface area contributed by atoms with Gasteiger partial charge in [0, 0.05) is 43.6 Å². The Kier molecular flexibility index (Phi) is 10.0. The van der Waals surface area contributed by atoms with Gasteiger partial charge in [-0.1, -0.05) is 146 Å². The second-order valence-corrected chi connectivity index (χ2v) is 15.1. The van der Waals surface area contributed by atoms with Gasteiger partial charge >= 0.3 is 0 Å².